The van der Waals surface area contributed by atoms with E-state index >= 15 is 0 Å². The van der Waals surface area contributed by atoms with Gasteiger partial charge in [0.15, 0.2) is 0 Å². The highest BCUT2D eigenvalue weighted by atomic mass is 35.5. The van der Waals surface area contributed by atoms with Gasteiger partial charge in [0.05, 0.1) is 5.25 Å². The molecule has 1 aliphatic rings. The van der Waals surface area contributed by atoms with Gasteiger partial charge in [0.2, 0.25) is 5.91 Å². The minimum absolute atomic E-state index is 0. The molecule has 2 N–H and O–H groups in total. The summed E-state index contributed by atoms with van der Waals surface area (Å²) >= 11 is 1.75. The summed E-state index contributed by atoms with van der Waals surface area (Å²) in [6, 6.07) is 0.188. The Labute approximate surface area is 109 Å². The van der Waals surface area contributed by atoms with Crippen LogP contribution in [0.1, 0.15) is 27.2 Å². The molecule has 0 aliphatic carbocycles. The van der Waals surface area contributed by atoms with E-state index in [-0.39, 0.29) is 29.6 Å². The van der Waals surface area contributed by atoms with Gasteiger partial charge < -0.3 is 10.6 Å². The Morgan fingerprint density at radius 3 is 2.56 bits per heavy atom. The average molecular weight is 267 g/mol. The maximum absolute atomic E-state index is 12.2. The number of carbonyl (C=O) groups is 1. The van der Waals surface area contributed by atoms with Crippen LogP contribution < -0.4 is 5.73 Å². The van der Waals surface area contributed by atoms with Crippen LogP contribution in [0.2, 0.25) is 0 Å². The van der Waals surface area contributed by atoms with Crippen molar-refractivity contribution < 1.29 is 4.79 Å². The van der Waals surface area contributed by atoms with E-state index in [1.165, 1.54) is 0 Å². The summed E-state index contributed by atoms with van der Waals surface area (Å²) in [5.74, 6) is 1.68. The molecule has 0 radical (unpaired) electrons. The number of nitrogens with zero attached hydrogens (tertiary/aromatic N) is 1. The molecular weight excluding hydrogens is 244 g/mol. The van der Waals surface area contributed by atoms with Crippen LogP contribution in [0, 0.1) is 5.92 Å². The predicted octanol–water partition coefficient (Wildman–Crippen LogP) is 1.75. The summed E-state index contributed by atoms with van der Waals surface area (Å²) in [6.07, 6.45) is 0.952. The monoisotopic (exact) mass is 266 g/mol. The third kappa shape index (κ3) is 4.15. The van der Waals surface area contributed by atoms with E-state index in [0.717, 1.165) is 25.3 Å². The van der Waals surface area contributed by atoms with Crippen molar-refractivity contribution >= 4 is 30.1 Å². The molecule has 1 rings (SSSR count). The summed E-state index contributed by atoms with van der Waals surface area (Å²) in [4.78, 5) is 14.1. The number of amides is 1. The summed E-state index contributed by atoms with van der Waals surface area (Å²) < 4.78 is 0. The van der Waals surface area contributed by atoms with E-state index in [1.54, 1.807) is 11.8 Å². The van der Waals surface area contributed by atoms with Crippen molar-refractivity contribution in [2.45, 2.75) is 38.5 Å². The number of thioether (sulfide) groups is 1. The van der Waals surface area contributed by atoms with E-state index in [0.29, 0.717) is 5.92 Å². The number of likely N-dealkylation sites (tertiary alicyclic amines) is 1. The topological polar surface area (TPSA) is 46.3 Å². The zero-order valence-electron chi connectivity index (χ0n) is 10.3. The normalized spacial score (nSPS) is 22.1. The fourth-order valence-electron chi connectivity index (χ4n) is 1.90. The second-order valence-electron chi connectivity index (χ2n) is 4.45. The zero-order valence-corrected chi connectivity index (χ0v) is 11.9. The van der Waals surface area contributed by atoms with Crippen LogP contribution in [-0.4, -0.2) is 40.9 Å². The van der Waals surface area contributed by atoms with Crippen LogP contribution >= 0.6 is 24.2 Å². The molecule has 0 aromatic carbocycles. The number of carbonyl (C=O) groups excluding carboxylic acids is 1. The molecule has 96 valence electrons. The van der Waals surface area contributed by atoms with Gasteiger partial charge in [0.1, 0.15) is 0 Å². The highest BCUT2D eigenvalue weighted by Crippen LogP contribution is 2.23. The van der Waals surface area contributed by atoms with E-state index in [2.05, 4.69) is 20.8 Å². The molecule has 0 spiro atoms. The number of hydrogen-bond donors (Lipinski definition) is 1. The van der Waals surface area contributed by atoms with Crippen LogP contribution in [0.4, 0.5) is 0 Å². The first kappa shape index (κ1) is 16.1. The van der Waals surface area contributed by atoms with Gasteiger partial charge in [0, 0.05) is 19.1 Å². The van der Waals surface area contributed by atoms with Crippen molar-refractivity contribution in [3.05, 3.63) is 0 Å². The second kappa shape index (κ2) is 7.41. The van der Waals surface area contributed by atoms with Crippen molar-refractivity contribution in [1.29, 1.82) is 0 Å². The molecule has 1 saturated heterocycles. The highest BCUT2D eigenvalue weighted by molar-refractivity contribution is 8.00. The zero-order chi connectivity index (χ0) is 11.4. The van der Waals surface area contributed by atoms with Crippen molar-refractivity contribution in [2.24, 2.45) is 11.7 Å². The third-order valence-corrected chi connectivity index (χ3v) is 4.17. The molecule has 2 atom stereocenters. The van der Waals surface area contributed by atoms with Crippen molar-refractivity contribution in [2.75, 3.05) is 18.8 Å². The number of rotatable bonds is 4. The Balaban J connectivity index is 0.00000225. The SMILES string of the molecule is CCSC(C(=O)N1CCC(N)C1)C(C)C.Cl. The maximum atomic E-state index is 12.2. The molecule has 2 unspecified atom stereocenters. The Morgan fingerprint density at radius 2 is 2.19 bits per heavy atom. The fraction of sp³-hybridized carbons (Fsp3) is 0.909. The van der Waals surface area contributed by atoms with E-state index in [9.17, 15) is 4.79 Å². The molecule has 0 bridgehead atoms. The molecule has 0 saturated carbocycles. The van der Waals surface area contributed by atoms with E-state index in [1.807, 2.05) is 4.90 Å². The molecule has 1 amide bonds. The minimum Gasteiger partial charge on any atom is -0.340 e. The Morgan fingerprint density at radius 1 is 1.56 bits per heavy atom. The first-order valence-corrected chi connectivity index (χ1v) is 6.77. The van der Waals surface area contributed by atoms with Crippen LogP contribution in [0.3, 0.4) is 0 Å². The number of halogens is 1. The van der Waals surface area contributed by atoms with Gasteiger partial charge in [-0.25, -0.2) is 0 Å². The lowest BCUT2D eigenvalue weighted by atomic mass is 10.1. The second-order valence-corrected chi connectivity index (χ2v) is 5.87. The standard InChI is InChI=1S/C11H22N2OS.ClH/c1-4-15-10(8(2)3)11(14)13-6-5-9(12)7-13;/h8-10H,4-7,12H2,1-3H3;1H. The van der Waals surface area contributed by atoms with Gasteiger partial charge in [-0.15, -0.1) is 24.2 Å². The molecule has 3 nitrogen and oxygen atoms in total. The van der Waals surface area contributed by atoms with Gasteiger partial charge >= 0.3 is 0 Å². The molecular formula is C11H23ClN2OS. The van der Waals surface area contributed by atoms with Gasteiger partial charge in [-0.05, 0) is 18.1 Å². The lowest BCUT2D eigenvalue weighted by Gasteiger charge is -2.25. The predicted molar refractivity (Wildman–Crippen MR) is 73.2 cm³/mol. The highest BCUT2D eigenvalue weighted by Gasteiger charge is 2.30. The van der Waals surface area contributed by atoms with Crippen LogP contribution in [0.15, 0.2) is 0 Å². The Kier molecular flexibility index (Phi) is 7.44. The van der Waals surface area contributed by atoms with Gasteiger partial charge in [-0.3, -0.25) is 4.79 Å². The van der Waals surface area contributed by atoms with Crippen molar-refractivity contribution in [3.8, 4) is 0 Å². The smallest absolute Gasteiger partial charge is 0.236 e. The first-order chi connectivity index (χ1) is 7.06. The van der Waals surface area contributed by atoms with Crippen LogP contribution in [0.5, 0.6) is 0 Å². The van der Waals surface area contributed by atoms with Crippen LogP contribution in [0.25, 0.3) is 0 Å². The molecule has 1 fully saturated rings. The molecule has 0 aromatic rings. The lowest BCUT2D eigenvalue weighted by molar-refractivity contribution is -0.130. The third-order valence-electron chi connectivity index (χ3n) is 2.73. The molecule has 1 aliphatic heterocycles. The Bertz CT molecular complexity index is 226. The van der Waals surface area contributed by atoms with Crippen molar-refractivity contribution in [3.63, 3.8) is 0 Å². The van der Waals surface area contributed by atoms with Gasteiger partial charge in [0.25, 0.3) is 0 Å². The van der Waals surface area contributed by atoms with Gasteiger partial charge in [-0.1, -0.05) is 20.8 Å². The largest absolute Gasteiger partial charge is 0.340 e. The number of nitrogens with two attached hydrogens (primary N) is 1. The van der Waals surface area contributed by atoms with E-state index < -0.39 is 0 Å². The first-order valence-electron chi connectivity index (χ1n) is 5.72. The van der Waals surface area contributed by atoms with Crippen molar-refractivity contribution in [1.82, 2.24) is 4.90 Å². The molecule has 1 heterocycles. The summed E-state index contributed by atoms with van der Waals surface area (Å²) in [6.45, 7) is 7.91. The fourth-order valence-corrected chi connectivity index (χ4v) is 2.93. The minimum atomic E-state index is 0. The average Bonchev–Trinajstić information content (AvgIpc) is 2.59. The van der Waals surface area contributed by atoms with E-state index in [4.69, 9.17) is 5.73 Å². The molecule has 0 aromatic heterocycles. The summed E-state index contributed by atoms with van der Waals surface area (Å²) in [7, 11) is 0. The number of hydrogen-bond acceptors (Lipinski definition) is 3. The lowest BCUT2D eigenvalue weighted by Crippen LogP contribution is -2.40. The molecule has 16 heavy (non-hydrogen) atoms. The molecule has 5 heteroatoms. The summed E-state index contributed by atoms with van der Waals surface area (Å²) in [5.41, 5.74) is 5.81. The van der Waals surface area contributed by atoms with Crippen LogP contribution in [-0.2, 0) is 4.79 Å². The summed E-state index contributed by atoms with van der Waals surface area (Å²) in [5, 5.41) is 0.111. The maximum Gasteiger partial charge on any atom is 0.236 e. The van der Waals surface area contributed by atoms with Gasteiger partial charge in [-0.2, -0.15) is 0 Å². The Hall–Kier alpha value is 0.0700. The quantitative estimate of drug-likeness (QED) is 0.843.